The molecule has 0 N–H and O–H groups in total. The number of halogens is 1. The second-order valence-corrected chi connectivity index (χ2v) is 3.46. The highest BCUT2D eigenvalue weighted by molar-refractivity contribution is 9.08. The lowest BCUT2D eigenvalue weighted by Crippen LogP contribution is -1.97. The number of nitro groups is 1. The van der Waals surface area contributed by atoms with E-state index in [1.165, 1.54) is 0 Å². The molecule has 0 atom stereocenters. The molecule has 0 spiro atoms. The highest BCUT2D eigenvalue weighted by Gasteiger charge is 2.15. The Bertz CT molecular complexity index is 350. The summed E-state index contributed by atoms with van der Waals surface area (Å²) in [5.41, 5.74) is 3.04. The molecule has 1 aromatic rings. The highest BCUT2D eigenvalue weighted by atomic mass is 79.9. The van der Waals surface area contributed by atoms with Crippen LogP contribution >= 0.6 is 15.9 Å². The minimum Gasteiger partial charge on any atom is -0.258 e. The topological polar surface area (TPSA) is 43.1 Å². The van der Waals surface area contributed by atoms with E-state index in [-0.39, 0.29) is 10.6 Å². The van der Waals surface area contributed by atoms with E-state index in [1.807, 2.05) is 13.8 Å². The van der Waals surface area contributed by atoms with Crippen LogP contribution in [0.2, 0.25) is 0 Å². The summed E-state index contributed by atoms with van der Waals surface area (Å²) in [6.45, 7) is 3.85. The van der Waals surface area contributed by atoms with Gasteiger partial charge in [-0.3, -0.25) is 10.1 Å². The van der Waals surface area contributed by atoms with Crippen molar-refractivity contribution in [2.45, 2.75) is 19.2 Å². The number of nitro benzene ring substituents is 1. The maximum Gasteiger partial charge on any atom is 0.273 e. The molecule has 3 nitrogen and oxygen atoms in total. The van der Waals surface area contributed by atoms with E-state index >= 15 is 0 Å². The van der Waals surface area contributed by atoms with Crippen molar-refractivity contribution in [1.29, 1.82) is 0 Å². The molecule has 0 aliphatic carbocycles. The average molecular weight is 244 g/mol. The lowest BCUT2D eigenvalue weighted by atomic mass is 10.0. The number of alkyl halides is 1. The van der Waals surface area contributed by atoms with E-state index in [9.17, 15) is 10.1 Å². The molecule has 0 bridgehead atoms. The molecule has 0 saturated carbocycles. The number of rotatable bonds is 2. The predicted molar refractivity (Wildman–Crippen MR) is 55.2 cm³/mol. The summed E-state index contributed by atoms with van der Waals surface area (Å²) >= 11 is 3.26. The van der Waals surface area contributed by atoms with Crippen molar-refractivity contribution in [3.8, 4) is 0 Å². The van der Waals surface area contributed by atoms with Gasteiger partial charge in [-0.25, -0.2) is 0 Å². The van der Waals surface area contributed by atoms with Gasteiger partial charge in [0.05, 0.1) is 4.92 Å². The number of hydrogen-bond donors (Lipinski definition) is 0. The first kappa shape index (κ1) is 10.2. The maximum atomic E-state index is 10.6. The molecule has 1 rings (SSSR count). The molecule has 0 aliphatic rings. The molecule has 1 aromatic carbocycles. The molecule has 0 aromatic heterocycles. The van der Waals surface area contributed by atoms with Crippen LogP contribution in [0.15, 0.2) is 12.1 Å². The molecule has 0 unspecified atom stereocenters. The SMILES string of the molecule is Cc1ccc([N+](=O)[O-])c(CBr)c1C. The Balaban J connectivity index is 3.38. The molecule has 0 fully saturated rings. The van der Waals surface area contributed by atoms with E-state index in [0.717, 1.165) is 16.7 Å². The lowest BCUT2D eigenvalue weighted by molar-refractivity contribution is -0.385. The van der Waals surface area contributed by atoms with Gasteiger partial charge >= 0.3 is 0 Å². The van der Waals surface area contributed by atoms with Crippen molar-refractivity contribution >= 4 is 21.6 Å². The Hall–Kier alpha value is -0.900. The minimum atomic E-state index is -0.344. The van der Waals surface area contributed by atoms with Crippen molar-refractivity contribution in [2.75, 3.05) is 0 Å². The Morgan fingerprint density at radius 1 is 1.46 bits per heavy atom. The fourth-order valence-corrected chi connectivity index (χ4v) is 1.91. The van der Waals surface area contributed by atoms with Crippen LogP contribution in [0.5, 0.6) is 0 Å². The molecule has 0 saturated heterocycles. The van der Waals surface area contributed by atoms with Crippen LogP contribution in [-0.4, -0.2) is 4.92 Å². The van der Waals surface area contributed by atoms with E-state index < -0.39 is 0 Å². The van der Waals surface area contributed by atoms with E-state index in [1.54, 1.807) is 12.1 Å². The lowest BCUT2D eigenvalue weighted by Gasteiger charge is -2.05. The van der Waals surface area contributed by atoms with Crippen molar-refractivity contribution in [3.63, 3.8) is 0 Å². The van der Waals surface area contributed by atoms with Crippen LogP contribution in [0.25, 0.3) is 0 Å². The first-order valence-corrected chi connectivity index (χ1v) is 4.99. The van der Waals surface area contributed by atoms with E-state index in [4.69, 9.17) is 0 Å². The van der Waals surface area contributed by atoms with Gasteiger partial charge in [-0.1, -0.05) is 22.0 Å². The summed E-state index contributed by atoms with van der Waals surface area (Å²) in [5, 5.41) is 11.2. The van der Waals surface area contributed by atoms with Gasteiger partial charge in [0, 0.05) is 17.0 Å². The Kier molecular flexibility index (Phi) is 3.03. The third-order valence-corrected chi connectivity index (χ3v) is 2.74. The Labute approximate surface area is 85.0 Å². The first-order valence-electron chi connectivity index (χ1n) is 3.87. The van der Waals surface area contributed by atoms with Gasteiger partial charge in [0.1, 0.15) is 0 Å². The number of hydrogen-bond acceptors (Lipinski definition) is 2. The van der Waals surface area contributed by atoms with Crippen LogP contribution in [0, 0.1) is 24.0 Å². The standard InChI is InChI=1S/C9H10BrNO2/c1-6-3-4-9(11(12)13)8(5-10)7(6)2/h3-4H,5H2,1-2H3. The number of aryl methyl sites for hydroxylation is 1. The molecule has 0 aliphatic heterocycles. The van der Waals surface area contributed by atoms with Crippen LogP contribution in [-0.2, 0) is 5.33 Å². The second kappa shape index (κ2) is 3.87. The fraction of sp³-hybridized carbons (Fsp3) is 0.333. The molecule has 0 heterocycles. The summed E-state index contributed by atoms with van der Waals surface area (Å²) in [4.78, 5) is 10.3. The Morgan fingerprint density at radius 2 is 2.08 bits per heavy atom. The quantitative estimate of drug-likeness (QED) is 0.455. The van der Waals surface area contributed by atoms with Crippen LogP contribution < -0.4 is 0 Å². The molecule has 70 valence electrons. The zero-order valence-electron chi connectivity index (χ0n) is 7.50. The largest absolute Gasteiger partial charge is 0.273 e. The van der Waals surface area contributed by atoms with Crippen molar-refractivity contribution in [1.82, 2.24) is 0 Å². The van der Waals surface area contributed by atoms with Crippen LogP contribution in [0.4, 0.5) is 5.69 Å². The highest BCUT2D eigenvalue weighted by Crippen LogP contribution is 2.26. The van der Waals surface area contributed by atoms with Gasteiger partial charge in [0.25, 0.3) is 5.69 Å². The Morgan fingerprint density at radius 3 is 2.54 bits per heavy atom. The van der Waals surface area contributed by atoms with Crippen molar-refractivity contribution in [2.24, 2.45) is 0 Å². The molecular formula is C9H10BrNO2. The van der Waals surface area contributed by atoms with Gasteiger partial charge in [-0.15, -0.1) is 0 Å². The normalized spacial score (nSPS) is 10.1. The van der Waals surface area contributed by atoms with E-state index in [2.05, 4.69) is 15.9 Å². The first-order chi connectivity index (χ1) is 6.07. The zero-order chi connectivity index (χ0) is 10.0. The number of benzene rings is 1. The summed E-state index contributed by atoms with van der Waals surface area (Å²) < 4.78 is 0. The molecule has 0 radical (unpaired) electrons. The second-order valence-electron chi connectivity index (χ2n) is 2.90. The van der Waals surface area contributed by atoms with Gasteiger partial charge < -0.3 is 0 Å². The van der Waals surface area contributed by atoms with E-state index in [0.29, 0.717) is 5.33 Å². The van der Waals surface area contributed by atoms with Gasteiger partial charge in [-0.2, -0.15) is 0 Å². The van der Waals surface area contributed by atoms with Crippen LogP contribution in [0.3, 0.4) is 0 Å². The molecular weight excluding hydrogens is 234 g/mol. The summed E-state index contributed by atoms with van der Waals surface area (Å²) in [6.07, 6.45) is 0. The maximum absolute atomic E-state index is 10.6. The summed E-state index contributed by atoms with van der Waals surface area (Å²) in [5.74, 6) is 0. The number of nitrogens with zero attached hydrogens (tertiary/aromatic N) is 1. The summed E-state index contributed by atoms with van der Waals surface area (Å²) in [6, 6.07) is 3.33. The van der Waals surface area contributed by atoms with Crippen molar-refractivity contribution < 1.29 is 4.92 Å². The summed E-state index contributed by atoms with van der Waals surface area (Å²) in [7, 11) is 0. The zero-order valence-corrected chi connectivity index (χ0v) is 9.09. The van der Waals surface area contributed by atoms with Crippen molar-refractivity contribution in [3.05, 3.63) is 38.9 Å². The molecule has 4 heteroatoms. The fourth-order valence-electron chi connectivity index (χ4n) is 1.20. The van der Waals surface area contributed by atoms with Gasteiger partial charge in [-0.05, 0) is 25.0 Å². The molecule has 0 amide bonds. The third-order valence-electron chi connectivity index (χ3n) is 2.17. The average Bonchev–Trinajstić information content (AvgIpc) is 2.09. The predicted octanol–water partition coefficient (Wildman–Crippen LogP) is 3.11. The molecule has 13 heavy (non-hydrogen) atoms. The van der Waals surface area contributed by atoms with Crippen LogP contribution in [0.1, 0.15) is 16.7 Å². The smallest absolute Gasteiger partial charge is 0.258 e. The minimum absolute atomic E-state index is 0.194. The van der Waals surface area contributed by atoms with Gasteiger partial charge in [0.15, 0.2) is 0 Å². The van der Waals surface area contributed by atoms with Gasteiger partial charge in [0.2, 0.25) is 0 Å². The monoisotopic (exact) mass is 243 g/mol. The third kappa shape index (κ3) is 1.88.